The largest absolute Gasteiger partial charge is 0.467 e. The first-order valence-corrected chi connectivity index (χ1v) is 7.86. The molecule has 0 aliphatic carbocycles. The quantitative estimate of drug-likeness (QED) is 0.687. The second kappa shape index (κ2) is 6.42. The van der Waals surface area contributed by atoms with Crippen molar-refractivity contribution in [1.29, 1.82) is 0 Å². The normalized spacial score (nSPS) is 10.6. The van der Waals surface area contributed by atoms with Crippen LogP contribution in [0, 0.1) is 0 Å². The van der Waals surface area contributed by atoms with E-state index < -0.39 is 7.92 Å². The second-order valence-electron chi connectivity index (χ2n) is 4.28. The molecule has 1 aromatic heterocycles. The Hall–Kier alpha value is -2.32. The molecule has 0 spiro atoms. The highest BCUT2D eigenvalue weighted by Gasteiger charge is 2.19. The maximum atomic E-state index is 5.12. The number of methoxy groups -OCH3 is 1. The van der Waals surface area contributed by atoms with Crippen LogP contribution < -0.4 is 20.9 Å². The molecule has 0 saturated heterocycles. The van der Waals surface area contributed by atoms with Gasteiger partial charge in [0.05, 0.1) is 7.11 Å². The summed E-state index contributed by atoms with van der Waals surface area (Å²) in [6.07, 6.45) is 1.50. The highest BCUT2D eigenvalue weighted by Crippen LogP contribution is 2.30. The van der Waals surface area contributed by atoms with Gasteiger partial charge in [0.1, 0.15) is 6.33 Å². The summed E-state index contributed by atoms with van der Waals surface area (Å²) in [6, 6.07) is 20.9. The zero-order valence-corrected chi connectivity index (χ0v) is 12.4. The molecular formula is C16H14N3OP. The lowest BCUT2D eigenvalue weighted by molar-refractivity contribution is 0.379. The third-order valence-electron chi connectivity index (χ3n) is 2.95. The third kappa shape index (κ3) is 3.06. The van der Waals surface area contributed by atoms with Crippen molar-refractivity contribution >= 4 is 24.1 Å². The molecule has 0 N–H and O–H groups in total. The summed E-state index contributed by atoms with van der Waals surface area (Å²) < 4.78 is 5.12. The van der Waals surface area contributed by atoms with Crippen LogP contribution in [0.1, 0.15) is 0 Å². The topological polar surface area (TPSA) is 47.9 Å². The maximum absolute atomic E-state index is 5.12. The van der Waals surface area contributed by atoms with Crippen LogP contribution in [0.15, 0.2) is 67.0 Å². The van der Waals surface area contributed by atoms with Crippen molar-refractivity contribution in [2.45, 2.75) is 0 Å². The van der Waals surface area contributed by atoms with Gasteiger partial charge in [0.25, 0.3) is 0 Å². The molecule has 1 heterocycles. The van der Waals surface area contributed by atoms with Crippen molar-refractivity contribution < 1.29 is 4.74 Å². The van der Waals surface area contributed by atoms with Gasteiger partial charge in [0.2, 0.25) is 0 Å². The number of ether oxygens (including phenoxy) is 1. The average Bonchev–Trinajstić information content (AvgIpc) is 2.57. The maximum Gasteiger partial charge on any atom is 0.319 e. The smallest absolute Gasteiger partial charge is 0.319 e. The lowest BCUT2D eigenvalue weighted by atomic mass is 10.4. The van der Waals surface area contributed by atoms with Crippen LogP contribution in [0.2, 0.25) is 0 Å². The molecule has 0 atom stereocenters. The molecular weight excluding hydrogens is 281 g/mol. The van der Waals surface area contributed by atoms with Gasteiger partial charge in [0.15, 0.2) is 5.57 Å². The van der Waals surface area contributed by atoms with E-state index in [0.717, 1.165) is 5.57 Å². The first-order chi connectivity index (χ1) is 10.4. The Labute approximate surface area is 124 Å². The Balaban J connectivity index is 2.12. The van der Waals surface area contributed by atoms with Crippen LogP contribution in [0.3, 0.4) is 0 Å². The number of rotatable bonds is 4. The number of hydrogen-bond acceptors (Lipinski definition) is 4. The molecule has 0 unspecified atom stereocenters. The standard InChI is InChI=1S/C16H14N3OP/c1-20-15-17-12-18-16(19-15)21(13-8-4-2-5-9-13)14-10-6-3-7-11-14/h2-12H,1H3. The summed E-state index contributed by atoms with van der Waals surface area (Å²) in [5.74, 6) is 0. The molecule has 0 radical (unpaired) electrons. The van der Waals surface area contributed by atoms with Crippen LogP contribution in [-0.2, 0) is 0 Å². The Kier molecular flexibility index (Phi) is 4.17. The Bertz CT molecular complexity index is 667. The van der Waals surface area contributed by atoms with Crippen molar-refractivity contribution in [2.24, 2.45) is 0 Å². The lowest BCUT2D eigenvalue weighted by Gasteiger charge is -2.16. The lowest BCUT2D eigenvalue weighted by Crippen LogP contribution is -2.25. The fraction of sp³-hybridized carbons (Fsp3) is 0.0625. The summed E-state index contributed by atoms with van der Waals surface area (Å²) in [4.78, 5) is 12.8. The van der Waals surface area contributed by atoms with E-state index in [4.69, 9.17) is 4.74 Å². The zero-order valence-electron chi connectivity index (χ0n) is 11.5. The van der Waals surface area contributed by atoms with Gasteiger partial charge in [-0.25, -0.2) is 4.98 Å². The van der Waals surface area contributed by atoms with Crippen molar-refractivity contribution in [3.05, 3.63) is 67.0 Å². The molecule has 0 saturated carbocycles. The minimum Gasteiger partial charge on any atom is -0.467 e. The van der Waals surface area contributed by atoms with Crippen molar-refractivity contribution in [3.8, 4) is 6.01 Å². The minimum atomic E-state index is -0.810. The van der Waals surface area contributed by atoms with Crippen LogP contribution in [0.25, 0.3) is 0 Å². The highest BCUT2D eigenvalue weighted by atomic mass is 31.1. The fourth-order valence-electron chi connectivity index (χ4n) is 2.01. The first-order valence-electron chi connectivity index (χ1n) is 6.52. The molecule has 0 aliphatic rings. The Morgan fingerprint density at radius 2 is 1.38 bits per heavy atom. The van der Waals surface area contributed by atoms with Crippen molar-refractivity contribution in [2.75, 3.05) is 7.11 Å². The first kappa shape index (κ1) is 13.7. The van der Waals surface area contributed by atoms with Gasteiger partial charge in [-0.2, -0.15) is 9.97 Å². The molecule has 0 amide bonds. The Morgan fingerprint density at radius 3 is 1.90 bits per heavy atom. The number of nitrogens with zero attached hydrogens (tertiary/aromatic N) is 3. The van der Waals surface area contributed by atoms with Gasteiger partial charge in [0, 0.05) is 7.92 Å². The molecule has 4 nitrogen and oxygen atoms in total. The van der Waals surface area contributed by atoms with Crippen LogP contribution in [-0.4, -0.2) is 22.1 Å². The zero-order chi connectivity index (χ0) is 14.5. The summed E-state index contributed by atoms with van der Waals surface area (Å²) in [6.45, 7) is 0. The highest BCUT2D eigenvalue weighted by molar-refractivity contribution is 7.79. The fourth-order valence-corrected chi connectivity index (χ4v) is 4.07. The summed E-state index contributed by atoms with van der Waals surface area (Å²) in [5.41, 5.74) is 0.745. The molecule has 3 aromatic rings. The molecule has 21 heavy (non-hydrogen) atoms. The van der Waals surface area contributed by atoms with E-state index in [1.165, 1.54) is 16.9 Å². The van der Waals surface area contributed by atoms with Crippen LogP contribution in [0.5, 0.6) is 6.01 Å². The summed E-state index contributed by atoms with van der Waals surface area (Å²) in [5, 5.41) is 2.40. The average molecular weight is 295 g/mol. The number of benzene rings is 2. The van der Waals surface area contributed by atoms with Gasteiger partial charge in [-0.15, -0.1) is 0 Å². The Morgan fingerprint density at radius 1 is 0.810 bits per heavy atom. The van der Waals surface area contributed by atoms with Crippen LogP contribution in [0.4, 0.5) is 0 Å². The van der Waals surface area contributed by atoms with Gasteiger partial charge in [-0.3, -0.25) is 0 Å². The number of aromatic nitrogens is 3. The predicted molar refractivity (Wildman–Crippen MR) is 85.1 cm³/mol. The minimum absolute atomic E-state index is 0.347. The summed E-state index contributed by atoms with van der Waals surface area (Å²) in [7, 11) is 0.752. The van der Waals surface area contributed by atoms with E-state index in [1.807, 2.05) is 36.4 Å². The van der Waals surface area contributed by atoms with E-state index in [1.54, 1.807) is 7.11 Å². The molecule has 0 bridgehead atoms. The van der Waals surface area contributed by atoms with Crippen LogP contribution >= 0.6 is 7.92 Å². The van der Waals surface area contributed by atoms with E-state index in [9.17, 15) is 0 Å². The number of hydrogen-bond donors (Lipinski definition) is 0. The molecule has 3 rings (SSSR count). The molecule has 2 aromatic carbocycles. The third-order valence-corrected chi connectivity index (χ3v) is 5.19. The predicted octanol–water partition coefficient (Wildman–Crippen LogP) is 1.64. The van der Waals surface area contributed by atoms with E-state index in [0.29, 0.717) is 6.01 Å². The molecule has 0 aliphatic heterocycles. The van der Waals surface area contributed by atoms with Crippen molar-refractivity contribution in [3.63, 3.8) is 0 Å². The molecule has 104 valence electrons. The van der Waals surface area contributed by atoms with E-state index in [2.05, 4.69) is 39.2 Å². The van der Waals surface area contributed by atoms with Gasteiger partial charge in [-0.1, -0.05) is 60.7 Å². The second-order valence-corrected chi connectivity index (χ2v) is 6.38. The van der Waals surface area contributed by atoms with E-state index >= 15 is 0 Å². The van der Waals surface area contributed by atoms with E-state index in [-0.39, 0.29) is 0 Å². The van der Waals surface area contributed by atoms with Gasteiger partial charge >= 0.3 is 6.01 Å². The molecule has 0 fully saturated rings. The summed E-state index contributed by atoms with van der Waals surface area (Å²) >= 11 is 0. The van der Waals surface area contributed by atoms with Crippen molar-refractivity contribution in [1.82, 2.24) is 15.0 Å². The SMILES string of the molecule is COc1ncnc(P(c2ccccc2)c2ccccc2)n1. The molecule has 5 heteroatoms. The monoisotopic (exact) mass is 295 g/mol. The van der Waals surface area contributed by atoms with Gasteiger partial charge < -0.3 is 4.74 Å². The van der Waals surface area contributed by atoms with Gasteiger partial charge in [-0.05, 0) is 10.6 Å².